The first-order chi connectivity index (χ1) is 5.18. The molecule has 0 unspecified atom stereocenters. The Morgan fingerprint density at radius 2 is 1.82 bits per heavy atom. The maximum atomic E-state index is 9.87. The molecule has 0 spiro atoms. The van der Waals surface area contributed by atoms with Crippen LogP contribution in [0.25, 0.3) is 0 Å². The second-order valence-electron chi connectivity index (χ2n) is 2.56. The fourth-order valence-corrected chi connectivity index (χ4v) is 0.526. The minimum absolute atomic E-state index is 0.327. The molecule has 3 heteroatoms. The van der Waals surface area contributed by atoms with Crippen molar-refractivity contribution >= 4 is 22.3 Å². The first-order valence-corrected chi connectivity index (χ1v) is 5.82. The maximum Gasteiger partial charge on any atom is 0.303 e. The topological polar surface area (TPSA) is 37.3 Å². The molecule has 0 rings (SSSR count). The Kier molecular flexibility index (Phi) is 15.6. The number of carboxylic acids is 1. The molecule has 0 aromatic carbocycles. The van der Waals surface area contributed by atoms with E-state index in [9.17, 15) is 4.79 Å². The second-order valence-corrected chi connectivity index (χ2v) is 3.97. The lowest BCUT2D eigenvalue weighted by Crippen LogP contribution is -1.92. The van der Waals surface area contributed by atoms with Gasteiger partial charge in [-0.1, -0.05) is 26.7 Å². The molecule has 0 aliphatic carbocycles. The van der Waals surface area contributed by atoms with Crippen molar-refractivity contribution in [1.29, 1.82) is 0 Å². The van der Waals surface area contributed by atoms with Crippen LogP contribution in [0.5, 0.6) is 0 Å². The highest BCUT2D eigenvalue weighted by atomic mass is 27.0. The third-order valence-electron chi connectivity index (χ3n) is 0.994. The van der Waals surface area contributed by atoms with Crippen molar-refractivity contribution < 1.29 is 9.90 Å². The van der Waals surface area contributed by atoms with E-state index < -0.39 is 5.97 Å². The summed E-state index contributed by atoms with van der Waals surface area (Å²) in [4.78, 5) is 9.87. The normalized spacial score (nSPS) is 8.18. The molecule has 2 nitrogen and oxygen atoms in total. The molecule has 0 bridgehead atoms. The fraction of sp³-hybridized carbons (Fsp3) is 0.875. The Morgan fingerprint density at radius 3 is 2.09 bits per heavy atom. The SMILES string of the molecule is CCCCCC(=O)O.C[CH2][AlH2]. The monoisotopic (exact) mass is 174 g/mol. The maximum absolute atomic E-state index is 9.87. The lowest BCUT2D eigenvalue weighted by molar-refractivity contribution is -0.137. The zero-order valence-electron chi connectivity index (χ0n) is 7.89. The van der Waals surface area contributed by atoms with E-state index in [-0.39, 0.29) is 0 Å². The highest BCUT2D eigenvalue weighted by Crippen LogP contribution is 1.97. The molecule has 0 aromatic heterocycles. The van der Waals surface area contributed by atoms with Gasteiger partial charge in [-0.3, -0.25) is 4.79 Å². The summed E-state index contributed by atoms with van der Waals surface area (Å²) < 4.78 is 0. The van der Waals surface area contributed by atoms with Gasteiger partial charge >= 0.3 is 5.97 Å². The number of hydrogen-bond acceptors (Lipinski definition) is 1. The van der Waals surface area contributed by atoms with E-state index in [1.165, 1.54) is 21.6 Å². The van der Waals surface area contributed by atoms with Crippen LogP contribution in [-0.2, 0) is 4.79 Å². The van der Waals surface area contributed by atoms with Crippen LogP contribution in [0.3, 0.4) is 0 Å². The zero-order chi connectivity index (χ0) is 9.11. The van der Waals surface area contributed by atoms with Crippen LogP contribution in [0.2, 0.25) is 5.28 Å². The second kappa shape index (κ2) is 12.7. The van der Waals surface area contributed by atoms with Crippen molar-refractivity contribution in [3.05, 3.63) is 0 Å². The van der Waals surface area contributed by atoms with Gasteiger partial charge in [-0.25, -0.2) is 0 Å². The van der Waals surface area contributed by atoms with E-state index in [1.54, 1.807) is 0 Å². The van der Waals surface area contributed by atoms with Crippen LogP contribution in [0.4, 0.5) is 0 Å². The Morgan fingerprint density at radius 1 is 1.36 bits per heavy atom. The van der Waals surface area contributed by atoms with Crippen LogP contribution in [-0.4, -0.2) is 27.4 Å². The zero-order valence-corrected chi connectivity index (χ0v) is 9.89. The van der Waals surface area contributed by atoms with Gasteiger partial charge in [-0.05, 0) is 6.42 Å². The third-order valence-corrected chi connectivity index (χ3v) is 0.994. The molecule has 1 N–H and O–H groups in total. The van der Waals surface area contributed by atoms with Gasteiger partial charge in [0.05, 0.1) is 0 Å². The van der Waals surface area contributed by atoms with Crippen LogP contribution in [0.15, 0.2) is 0 Å². The van der Waals surface area contributed by atoms with E-state index >= 15 is 0 Å². The largest absolute Gasteiger partial charge is 0.481 e. The van der Waals surface area contributed by atoms with Gasteiger partial charge in [0, 0.05) is 6.42 Å². The van der Waals surface area contributed by atoms with Gasteiger partial charge in [-0.2, -0.15) is 0 Å². The summed E-state index contributed by atoms with van der Waals surface area (Å²) in [5.74, 6) is -0.682. The standard InChI is InChI=1S/C6H12O2.C2H5.Al.2H/c1-2-3-4-5-6(7)8;1-2;;;/h2-5H2,1H3,(H,7,8);1H2,2H3;;;. The van der Waals surface area contributed by atoms with Crippen molar-refractivity contribution in [3.8, 4) is 0 Å². The fourth-order valence-electron chi connectivity index (χ4n) is 0.526. The van der Waals surface area contributed by atoms with Crippen LogP contribution < -0.4 is 0 Å². The van der Waals surface area contributed by atoms with Gasteiger partial charge in [0.1, 0.15) is 0 Å². The summed E-state index contributed by atoms with van der Waals surface area (Å²) in [5, 5.41) is 9.53. The smallest absolute Gasteiger partial charge is 0.303 e. The first kappa shape index (κ1) is 13.6. The van der Waals surface area contributed by atoms with Crippen molar-refractivity contribution in [2.75, 3.05) is 0 Å². The predicted molar refractivity (Wildman–Crippen MR) is 50.8 cm³/mol. The summed E-state index contributed by atoms with van der Waals surface area (Å²) in [7, 11) is 0. The third kappa shape index (κ3) is 25.6. The molecule has 0 atom stereocenters. The summed E-state index contributed by atoms with van der Waals surface area (Å²) in [6.07, 6.45) is 3.28. The van der Waals surface area contributed by atoms with Crippen LogP contribution in [0, 0.1) is 0 Å². The van der Waals surface area contributed by atoms with Gasteiger partial charge in [-0.15, -0.1) is 5.28 Å². The van der Waals surface area contributed by atoms with E-state index in [0.717, 1.165) is 19.3 Å². The number of aliphatic carboxylic acids is 1. The summed E-state index contributed by atoms with van der Waals surface area (Å²) in [6, 6.07) is 0. The molecular formula is C8H19AlO2. The molecule has 0 radical (unpaired) electrons. The van der Waals surface area contributed by atoms with E-state index in [1.807, 2.05) is 0 Å². The molecule has 0 aliphatic rings. The highest BCUT2D eigenvalue weighted by molar-refractivity contribution is 6.08. The summed E-state index contributed by atoms with van der Waals surface area (Å²) in [6.45, 7) is 4.24. The molecule has 11 heavy (non-hydrogen) atoms. The molecule has 66 valence electrons. The van der Waals surface area contributed by atoms with Crippen molar-refractivity contribution in [2.45, 2.75) is 44.8 Å². The molecule has 0 saturated carbocycles. The molecule has 0 aliphatic heterocycles. The van der Waals surface area contributed by atoms with Gasteiger partial charge < -0.3 is 5.11 Å². The highest BCUT2D eigenvalue weighted by Gasteiger charge is 1.92. The minimum atomic E-state index is -0.682. The van der Waals surface area contributed by atoms with Gasteiger partial charge in [0.2, 0.25) is 16.3 Å². The van der Waals surface area contributed by atoms with Crippen molar-refractivity contribution in [3.63, 3.8) is 0 Å². The average Bonchev–Trinajstić information content (AvgIpc) is 1.89. The van der Waals surface area contributed by atoms with E-state index in [2.05, 4.69) is 13.8 Å². The average molecular weight is 174 g/mol. The first-order valence-electron chi connectivity index (χ1n) is 4.40. The number of rotatable bonds is 4. The van der Waals surface area contributed by atoms with E-state index in [0.29, 0.717) is 6.42 Å². The summed E-state index contributed by atoms with van der Waals surface area (Å²) >= 11 is 1.37. The Balaban J connectivity index is 0. The van der Waals surface area contributed by atoms with Crippen molar-refractivity contribution in [1.82, 2.24) is 0 Å². The molecule has 0 saturated heterocycles. The predicted octanol–water partition coefficient (Wildman–Crippen LogP) is 1.71. The quantitative estimate of drug-likeness (QED) is 0.520. The number of carbonyl (C=O) groups is 1. The molecule has 0 fully saturated rings. The number of unbranched alkanes of at least 4 members (excludes halogenated alkanes) is 2. The van der Waals surface area contributed by atoms with Crippen LogP contribution >= 0.6 is 0 Å². The van der Waals surface area contributed by atoms with E-state index in [4.69, 9.17) is 5.11 Å². The Labute approximate surface area is 77.4 Å². The molecule has 0 heterocycles. The number of carboxylic acid groups (broad SMARTS) is 1. The number of hydrogen-bond donors (Lipinski definition) is 1. The molecule has 0 amide bonds. The van der Waals surface area contributed by atoms with Gasteiger partial charge in [0.15, 0.2) is 0 Å². The molecular weight excluding hydrogens is 155 g/mol. The van der Waals surface area contributed by atoms with Gasteiger partial charge in [0.25, 0.3) is 0 Å². The van der Waals surface area contributed by atoms with Crippen molar-refractivity contribution in [2.24, 2.45) is 0 Å². The van der Waals surface area contributed by atoms with Crippen LogP contribution in [0.1, 0.15) is 39.5 Å². The lowest BCUT2D eigenvalue weighted by Gasteiger charge is -1.89. The Hall–Kier alpha value is 0.00247. The molecule has 0 aromatic rings. The lowest BCUT2D eigenvalue weighted by atomic mass is 10.2. The summed E-state index contributed by atoms with van der Waals surface area (Å²) in [5.41, 5.74) is 0. The Bertz CT molecular complexity index is 84.2. The minimum Gasteiger partial charge on any atom is -0.481 e.